The highest BCUT2D eigenvalue weighted by molar-refractivity contribution is 7.92. The first-order valence-corrected chi connectivity index (χ1v) is 12.2. The molecule has 7 nitrogen and oxygen atoms in total. The molecule has 182 valence electrons. The van der Waals surface area contributed by atoms with E-state index in [4.69, 9.17) is 21.1 Å². The van der Waals surface area contributed by atoms with Crippen molar-refractivity contribution in [3.63, 3.8) is 0 Å². The molecule has 2 heterocycles. The van der Waals surface area contributed by atoms with Gasteiger partial charge >= 0.3 is 6.18 Å². The molecule has 1 atom stereocenters. The second-order valence-electron chi connectivity index (χ2n) is 8.21. The molecule has 1 aliphatic rings. The Balaban J connectivity index is 1.80. The maximum atomic E-state index is 14.2. The molecule has 1 fully saturated rings. The number of nitrogens with zero attached hydrogens (tertiary/aromatic N) is 2. The number of sulfonamides is 1. The summed E-state index contributed by atoms with van der Waals surface area (Å²) in [5, 5.41) is -0.0610. The molecule has 0 saturated carbocycles. The van der Waals surface area contributed by atoms with Gasteiger partial charge in [0.05, 0.1) is 16.1 Å². The standard InChI is InChI=1S/C22H21ClF3N3O4S/c1-21(10-12-32-13-11-21)20(22(24,25)26)33-19-18(27-15-7-3-4-8-16(15)28-19)29-34(30,31)17-9-5-2-6-14(17)23/h2-9,20H,10-13H2,1H3,(H,27,29). The fraction of sp³-hybridized carbons (Fsp3) is 0.364. The molecule has 0 bridgehead atoms. The third kappa shape index (κ3) is 5.06. The van der Waals surface area contributed by atoms with Gasteiger partial charge in [-0.3, -0.25) is 4.72 Å². The number of benzene rings is 2. The number of halogens is 4. The van der Waals surface area contributed by atoms with Crippen molar-refractivity contribution in [2.24, 2.45) is 5.41 Å². The number of fused-ring (bicyclic) bond motifs is 1. The number of nitrogens with one attached hydrogen (secondary N) is 1. The van der Waals surface area contributed by atoms with E-state index in [0.29, 0.717) is 0 Å². The van der Waals surface area contributed by atoms with Gasteiger partial charge in [-0.05, 0) is 37.1 Å². The van der Waals surface area contributed by atoms with Crippen LogP contribution in [0.3, 0.4) is 0 Å². The molecule has 2 aromatic carbocycles. The van der Waals surface area contributed by atoms with Crippen LogP contribution in [0.25, 0.3) is 11.0 Å². The van der Waals surface area contributed by atoms with Crippen LogP contribution in [0, 0.1) is 5.41 Å². The second kappa shape index (κ2) is 9.20. The Labute approximate surface area is 199 Å². The van der Waals surface area contributed by atoms with E-state index >= 15 is 0 Å². The maximum Gasteiger partial charge on any atom is 0.426 e. The summed E-state index contributed by atoms with van der Waals surface area (Å²) in [6.45, 7) is 1.78. The SMILES string of the molecule is CC1(C(Oc2nc3ccccc3nc2NS(=O)(=O)c2ccccc2Cl)C(F)(F)F)CCOCC1. The van der Waals surface area contributed by atoms with Crippen LogP contribution in [0.15, 0.2) is 53.4 Å². The van der Waals surface area contributed by atoms with Gasteiger partial charge in [0.25, 0.3) is 15.9 Å². The fourth-order valence-electron chi connectivity index (χ4n) is 3.79. The van der Waals surface area contributed by atoms with E-state index in [0.717, 1.165) is 0 Å². The van der Waals surface area contributed by atoms with Crippen molar-refractivity contribution in [2.45, 2.75) is 36.9 Å². The highest BCUT2D eigenvalue weighted by Gasteiger charge is 2.54. The van der Waals surface area contributed by atoms with Crippen molar-refractivity contribution < 1.29 is 31.1 Å². The minimum absolute atomic E-state index is 0.0610. The monoisotopic (exact) mass is 515 g/mol. The molecule has 0 aliphatic carbocycles. The van der Waals surface area contributed by atoms with Crippen LogP contribution in [0.5, 0.6) is 5.88 Å². The van der Waals surface area contributed by atoms with Crippen molar-refractivity contribution in [1.29, 1.82) is 0 Å². The van der Waals surface area contributed by atoms with Crippen LogP contribution < -0.4 is 9.46 Å². The van der Waals surface area contributed by atoms with Gasteiger partial charge in [0.2, 0.25) is 11.9 Å². The largest absolute Gasteiger partial charge is 0.461 e. The first kappa shape index (κ1) is 24.5. The number of para-hydroxylation sites is 2. The summed E-state index contributed by atoms with van der Waals surface area (Å²) in [6, 6.07) is 12.0. The maximum absolute atomic E-state index is 14.2. The first-order valence-electron chi connectivity index (χ1n) is 10.3. The van der Waals surface area contributed by atoms with Gasteiger partial charge in [-0.2, -0.15) is 13.2 Å². The highest BCUT2D eigenvalue weighted by atomic mass is 35.5. The van der Waals surface area contributed by atoms with E-state index < -0.39 is 39.4 Å². The molecule has 12 heteroatoms. The number of rotatable bonds is 6. The average Bonchev–Trinajstić information content (AvgIpc) is 2.77. The summed E-state index contributed by atoms with van der Waals surface area (Å²) in [4.78, 5) is 8.12. The van der Waals surface area contributed by atoms with Crippen LogP contribution in [0.4, 0.5) is 19.0 Å². The predicted octanol–water partition coefficient (Wildman–Crippen LogP) is 5.21. The minimum atomic E-state index is -4.75. The number of alkyl halides is 3. The Hall–Kier alpha value is -2.63. The third-order valence-electron chi connectivity index (χ3n) is 5.69. The zero-order chi connectivity index (χ0) is 24.6. The lowest BCUT2D eigenvalue weighted by Gasteiger charge is -2.40. The van der Waals surface area contributed by atoms with Crippen LogP contribution in [0.2, 0.25) is 5.02 Å². The van der Waals surface area contributed by atoms with Crippen molar-refractivity contribution >= 4 is 38.5 Å². The lowest BCUT2D eigenvalue weighted by atomic mass is 9.77. The molecule has 1 saturated heterocycles. The van der Waals surface area contributed by atoms with Crippen LogP contribution in [0.1, 0.15) is 19.8 Å². The predicted molar refractivity (Wildman–Crippen MR) is 120 cm³/mol. The number of hydrogen-bond acceptors (Lipinski definition) is 6. The van der Waals surface area contributed by atoms with Gasteiger partial charge in [-0.1, -0.05) is 42.8 Å². The minimum Gasteiger partial charge on any atom is -0.461 e. The topological polar surface area (TPSA) is 90.4 Å². The summed E-state index contributed by atoms with van der Waals surface area (Å²) < 4.78 is 81.4. The van der Waals surface area contributed by atoms with Gasteiger partial charge in [0, 0.05) is 18.6 Å². The lowest BCUT2D eigenvalue weighted by Crippen LogP contribution is -2.50. The molecule has 34 heavy (non-hydrogen) atoms. The van der Waals surface area contributed by atoms with Gasteiger partial charge in [0.1, 0.15) is 4.90 Å². The normalized spacial score (nSPS) is 17.3. The van der Waals surface area contributed by atoms with Crippen LogP contribution in [-0.4, -0.2) is 43.9 Å². The number of hydrogen-bond donors (Lipinski definition) is 1. The molecule has 1 aliphatic heterocycles. The molecule has 0 amide bonds. The average molecular weight is 516 g/mol. The Morgan fingerprint density at radius 1 is 1.06 bits per heavy atom. The van der Waals surface area contributed by atoms with E-state index in [9.17, 15) is 21.6 Å². The van der Waals surface area contributed by atoms with E-state index in [2.05, 4.69) is 14.7 Å². The van der Waals surface area contributed by atoms with Gasteiger partial charge in [-0.15, -0.1) is 0 Å². The fourth-order valence-corrected chi connectivity index (χ4v) is 5.31. The number of ether oxygens (including phenoxy) is 2. The van der Waals surface area contributed by atoms with E-state index in [1.807, 2.05) is 0 Å². The Bertz CT molecular complexity index is 1300. The zero-order valence-electron chi connectivity index (χ0n) is 18.0. The van der Waals surface area contributed by atoms with Crippen LogP contribution in [-0.2, 0) is 14.8 Å². The first-order chi connectivity index (χ1) is 16.0. The Kier molecular flexibility index (Phi) is 6.63. The molecule has 4 rings (SSSR count). The van der Waals surface area contributed by atoms with E-state index in [1.165, 1.54) is 25.1 Å². The molecule has 1 unspecified atom stereocenters. The second-order valence-corrected chi connectivity index (χ2v) is 10.3. The summed E-state index contributed by atoms with van der Waals surface area (Å²) in [5.41, 5.74) is -0.785. The summed E-state index contributed by atoms with van der Waals surface area (Å²) in [6.07, 6.45) is -6.79. The molecule has 0 spiro atoms. The van der Waals surface area contributed by atoms with Gasteiger partial charge in [-0.25, -0.2) is 18.4 Å². The third-order valence-corrected chi connectivity index (χ3v) is 7.53. The van der Waals surface area contributed by atoms with Crippen molar-refractivity contribution in [1.82, 2.24) is 9.97 Å². The quantitative estimate of drug-likeness (QED) is 0.484. The highest BCUT2D eigenvalue weighted by Crippen LogP contribution is 2.44. The molecular weight excluding hydrogens is 495 g/mol. The van der Waals surface area contributed by atoms with Crippen molar-refractivity contribution in [2.75, 3.05) is 17.9 Å². The molecule has 1 N–H and O–H groups in total. The lowest BCUT2D eigenvalue weighted by molar-refractivity contribution is -0.237. The van der Waals surface area contributed by atoms with E-state index in [1.54, 1.807) is 30.3 Å². The number of aromatic nitrogens is 2. The summed E-state index contributed by atoms with van der Waals surface area (Å²) >= 11 is 6.03. The van der Waals surface area contributed by atoms with Crippen molar-refractivity contribution in [3.05, 3.63) is 53.6 Å². The molecule has 1 aromatic heterocycles. The molecule has 0 radical (unpaired) electrons. The zero-order valence-corrected chi connectivity index (χ0v) is 19.5. The number of anilines is 1. The molecular formula is C22H21ClF3N3O4S. The van der Waals surface area contributed by atoms with E-state index in [-0.39, 0.29) is 47.0 Å². The Morgan fingerprint density at radius 3 is 2.26 bits per heavy atom. The van der Waals surface area contributed by atoms with Gasteiger partial charge < -0.3 is 9.47 Å². The molecule has 3 aromatic rings. The summed E-state index contributed by atoms with van der Waals surface area (Å²) in [7, 11) is -4.31. The van der Waals surface area contributed by atoms with Crippen LogP contribution >= 0.6 is 11.6 Å². The smallest absolute Gasteiger partial charge is 0.426 e. The van der Waals surface area contributed by atoms with Crippen molar-refractivity contribution in [3.8, 4) is 5.88 Å². The van der Waals surface area contributed by atoms with Gasteiger partial charge in [0.15, 0.2) is 0 Å². The summed E-state index contributed by atoms with van der Waals surface area (Å²) in [5.74, 6) is -1.05. The Morgan fingerprint density at radius 2 is 1.65 bits per heavy atom.